The summed E-state index contributed by atoms with van der Waals surface area (Å²) in [6.07, 6.45) is 2.23. The molecule has 2 unspecified atom stereocenters. The van der Waals surface area contributed by atoms with Crippen molar-refractivity contribution in [2.24, 2.45) is 5.92 Å². The van der Waals surface area contributed by atoms with Crippen LogP contribution in [0.25, 0.3) is 0 Å². The van der Waals surface area contributed by atoms with E-state index in [1.54, 1.807) is 0 Å². The summed E-state index contributed by atoms with van der Waals surface area (Å²) < 4.78 is 27.8. The molecule has 0 saturated heterocycles. The molecule has 0 aromatic rings. The molecule has 1 rings (SSSR count). The first-order valence-corrected chi connectivity index (χ1v) is 6.92. The zero-order valence-electron chi connectivity index (χ0n) is 9.27. The van der Waals surface area contributed by atoms with Gasteiger partial charge in [0.15, 0.2) is 0 Å². The van der Waals surface area contributed by atoms with E-state index in [2.05, 4.69) is 9.44 Å². The van der Waals surface area contributed by atoms with Crippen LogP contribution in [0.15, 0.2) is 0 Å². The highest BCUT2D eigenvalue weighted by Gasteiger charge is 2.31. The van der Waals surface area contributed by atoms with E-state index in [4.69, 9.17) is 5.11 Å². The van der Waals surface area contributed by atoms with Crippen LogP contribution in [0.2, 0.25) is 0 Å². The zero-order chi connectivity index (χ0) is 12.2. The average molecular weight is 250 g/mol. The smallest absolute Gasteiger partial charge is 0.306 e. The molecule has 0 radical (unpaired) electrons. The minimum absolute atomic E-state index is 0.254. The lowest BCUT2D eigenvalue weighted by molar-refractivity contribution is -0.141. The minimum Gasteiger partial charge on any atom is -0.481 e. The van der Waals surface area contributed by atoms with Crippen molar-refractivity contribution in [1.29, 1.82) is 0 Å². The van der Waals surface area contributed by atoms with E-state index < -0.39 is 22.1 Å². The van der Waals surface area contributed by atoms with E-state index in [0.29, 0.717) is 25.8 Å². The van der Waals surface area contributed by atoms with Gasteiger partial charge in [-0.05, 0) is 25.7 Å². The Labute approximate surface area is 95.6 Å². The molecule has 0 aromatic heterocycles. The Bertz CT molecular complexity index is 341. The summed E-state index contributed by atoms with van der Waals surface area (Å²) >= 11 is 0. The molecule has 6 nitrogen and oxygen atoms in total. The Morgan fingerprint density at radius 3 is 2.62 bits per heavy atom. The van der Waals surface area contributed by atoms with Crippen molar-refractivity contribution in [3.8, 4) is 0 Å². The number of carboxylic acid groups (broad SMARTS) is 1. The molecule has 0 bridgehead atoms. The van der Waals surface area contributed by atoms with E-state index in [0.717, 1.165) is 6.42 Å². The van der Waals surface area contributed by atoms with Gasteiger partial charge in [-0.25, -0.2) is 4.72 Å². The van der Waals surface area contributed by atoms with Crippen LogP contribution in [-0.4, -0.2) is 32.1 Å². The van der Waals surface area contributed by atoms with E-state index >= 15 is 0 Å². The molecular formula is C9H18N2O4S. The van der Waals surface area contributed by atoms with E-state index in [-0.39, 0.29) is 6.04 Å². The third kappa shape index (κ3) is 4.07. The monoisotopic (exact) mass is 250 g/mol. The molecule has 0 aromatic carbocycles. The molecular weight excluding hydrogens is 232 g/mol. The topological polar surface area (TPSA) is 95.5 Å². The number of carbonyl (C=O) groups is 1. The van der Waals surface area contributed by atoms with Crippen molar-refractivity contribution in [3.63, 3.8) is 0 Å². The molecule has 1 saturated carbocycles. The Morgan fingerprint density at radius 2 is 2.12 bits per heavy atom. The second kappa shape index (κ2) is 5.60. The molecule has 1 aliphatic carbocycles. The van der Waals surface area contributed by atoms with Gasteiger partial charge >= 0.3 is 5.97 Å². The number of rotatable bonds is 6. The summed E-state index contributed by atoms with van der Waals surface area (Å²) in [5.74, 6) is -1.26. The fourth-order valence-electron chi connectivity index (χ4n) is 1.81. The second-order valence-electron chi connectivity index (χ2n) is 4.06. The van der Waals surface area contributed by atoms with Crippen molar-refractivity contribution in [2.75, 3.05) is 6.54 Å². The molecule has 3 N–H and O–H groups in total. The summed E-state index contributed by atoms with van der Waals surface area (Å²) in [7, 11) is -3.47. The van der Waals surface area contributed by atoms with Crippen molar-refractivity contribution >= 4 is 16.2 Å². The van der Waals surface area contributed by atoms with Crippen LogP contribution in [0.5, 0.6) is 0 Å². The molecule has 0 aliphatic heterocycles. The third-order valence-corrected chi connectivity index (χ3v) is 3.87. The Balaban J connectivity index is 2.41. The minimum atomic E-state index is -3.47. The molecule has 7 heteroatoms. The number of hydrogen-bond donors (Lipinski definition) is 3. The molecule has 1 aliphatic rings. The lowest BCUT2D eigenvalue weighted by atomic mass is 10.1. The van der Waals surface area contributed by atoms with Crippen LogP contribution >= 0.6 is 0 Å². The molecule has 0 spiro atoms. The molecule has 2 atom stereocenters. The fourth-order valence-corrected chi connectivity index (χ4v) is 3.02. The number of hydrogen-bond acceptors (Lipinski definition) is 3. The van der Waals surface area contributed by atoms with Crippen molar-refractivity contribution in [3.05, 3.63) is 0 Å². The maximum Gasteiger partial charge on any atom is 0.306 e. The summed E-state index contributed by atoms with van der Waals surface area (Å²) in [5.41, 5.74) is 0. The highest BCUT2D eigenvalue weighted by Crippen LogP contribution is 2.25. The van der Waals surface area contributed by atoms with E-state index in [1.807, 2.05) is 6.92 Å². The van der Waals surface area contributed by atoms with Crippen LogP contribution in [0.4, 0.5) is 0 Å². The van der Waals surface area contributed by atoms with Crippen LogP contribution in [-0.2, 0) is 15.0 Å². The first-order chi connectivity index (χ1) is 7.44. The standard InChI is InChI=1S/C9H18N2O4S/c1-2-5-10-16(14,15)11-8-4-3-7(6-8)9(12)13/h7-8,10-11H,2-6H2,1H3,(H,12,13). The van der Waals surface area contributed by atoms with Crippen LogP contribution in [0.3, 0.4) is 0 Å². The van der Waals surface area contributed by atoms with Gasteiger partial charge in [0, 0.05) is 12.6 Å². The largest absolute Gasteiger partial charge is 0.481 e. The molecule has 16 heavy (non-hydrogen) atoms. The van der Waals surface area contributed by atoms with E-state index in [1.165, 1.54) is 0 Å². The van der Waals surface area contributed by atoms with Gasteiger partial charge in [0.2, 0.25) is 0 Å². The molecule has 0 heterocycles. The van der Waals surface area contributed by atoms with Gasteiger partial charge < -0.3 is 5.11 Å². The van der Waals surface area contributed by atoms with Gasteiger partial charge in [-0.2, -0.15) is 13.1 Å². The summed E-state index contributed by atoms with van der Waals surface area (Å²) in [4.78, 5) is 10.7. The Morgan fingerprint density at radius 1 is 1.44 bits per heavy atom. The predicted molar refractivity (Wildman–Crippen MR) is 59.1 cm³/mol. The van der Waals surface area contributed by atoms with Crippen LogP contribution in [0.1, 0.15) is 32.6 Å². The quantitative estimate of drug-likeness (QED) is 0.622. The summed E-state index contributed by atoms with van der Waals surface area (Å²) in [6, 6.07) is -0.254. The Kier molecular flexibility index (Phi) is 4.69. The van der Waals surface area contributed by atoms with Gasteiger partial charge in [0.1, 0.15) is 0 Å². The van der Waals surface area contributed by atoms with Crippen molar-refractivity contribution in [1.82, 2.24) is 9.44 Å². The van der Waals surface area contributed by atoms with Gasteiger partial charge in [0.05, 0.1) is 5.92 Å². The maximum atomic E-state index is 11.5. The van der Waals surface area contributed by atoms with Gasteiger partial charge in [0.25, 0.3) is 10.2 Å². The van der Waals surface area contributed by atoms with Crippen LogP contribution < -0.4 is 9.44 Å². The predicted octanol–water partition coefficient (Wildman–Crippen LogP) is 0.0737. The molecule has 1 fully saturated rings. The van der Waals surface area contributed by atoms with Crippen molar-refractivity contribution < 1.29 is 18.3 Å². The normalized spacial score (nSPS) is 25.8. The fraction of sp³-hybridized carbons (Fsp3) is 0.889. The second-order valence-corrected chi connectivity index (χ2v) is 5.59. The van der Waals surface area contributed by atoms with Crippen LogP contribution in [0, 0.1) is 5.92 Å². The summed E-state index contributed by atoms with van der Waals surface area (Å²) in [6.45, 7) is 2.27. The Hall–Kier alpha value is -0.660. The van der Waals surface area contributed by atoms with Gasteiger partial charge in [-0.3, -0.25) is 4.79 Å². The molecule has 0 amide bonds. The SMILES string of the molecule is CCCNS(=O)(=O)NC1CCC(C(=O)O)C1. The first kappa shape index (κ1) is 13.4. The highest BCUT2D eigenvalue weighted by atomic mass is 32.2. The van der Waals surface area contributed by atoms with Crippen molar-refractivity contribution in [2.45, 2.75) is 38.6 Å². The molecule has 94 valence electrons. The lowest BCUT2D eigenvalue weighted by Gasteiger charge is -2.13. The van der Waals surface area contributed by atoms with E-state index in [9.17, 15) is 13.2 Å². The number of aliphatic carboxylic acids is 1. The number of nitrogens with one attached hydrogen (secondary N) is 2. The number of carboxylic acids is 1. The first-order valence-electron chi connectivity index (χ1n) is 5.44. The zero-order valence-corrected chi connectivity index (χ0v) is 10.1. The summed E-state index contributed by atoms with van der Waals surface area (Å²) in [5, 5.41) is 8.78. The maximum absolute atomic E-state index is 11.5. The third-order valence-electron chi connectivity index (χ3n) is 2.65. The lowest BCUT2D eigenvalue weighted by Crippen LogP contribution is -2.42. The average Bonchev–Trinajstić information content (AvgIpc) is 2.62. The van der Waals surface area contributed by atoms with Gasteiger partial charge in [-0.15, -0.1) is 0 Å². The highest BCUT2D eigenvalue weighted by molar-refractivity contribution is 7.87. The van der Waals surface area contributed by atoms with Gasteiger partial charge in [-0.1, -0.05) is 6.92 Å².